The van der Waals surface area contributed by atoms with E-state index in [-0.39, 0.29) is 0 Å². The summed E-state index contributed by atoms with van der Waals surface area (Å²) in [5, 5.41) is 0. The third kappa shape index (κ3) is 1.85. The van der Waals surface area contributed by atoms with Crippen molar-refractivity contribution in [2.45, 2.75) is 0 Å². The Hall–Kier alpha value is -1.14. The Bertz CT molecular complexity index is 496. The molecule has 0 aliphatic rings. The Morgan fingerprint density at radius 1 is 1.36 bits per heavy atom. The molecule has 2 aromatic heterocycles. The molecule has 0 amide bonds. The predicted octanol–water partition coefficient (Wildman–Crippen LogP) is 2.36. The van der Waals surface area contributed by atoms with Crippen LogP contribution in [0.2, 0.25) is 0 Å². The molecule has 70 valence electrons. The van der Waals surface area contributed by atoms with E-state index in [1.54, 1.807) is 18.5 Å². The lowest BCUT2D eigenvalue weighted by molar-refractivity contribution is 1.09. The van der Waals surface area contributed by atoms with Gasteiger partial charge in [0.05, 0.1) is 4.47 Å². The van der Waals surface area contributed by atoms with Gasteiger partial charge in [-0.15, -0.1) is 0 Å². The zero-order valence-electron chi connectivity index (χ0n) is 6.94. The van der Waals surface area contributed by atoms with Gasteiger partial charge in [0.25, 0.3) is 0 Å². The molecule has 0 aromatic carbocycles. The number of hydrogen-bond acceptors (Lipinski definition) is 4. The number of hydrogen-bond donors (Lipinski definition) is 1. The van der Waals surface area contributed by atoms with Crippen LogP contribution in [-0.2, 0) is 0 Å². The summed E-state index contributed by atoms with van der Waals surface area (Å²) in [7, 11) is 0. The average Bonchev–Trinajstić information content (AvgIpc) is 2.23. The second-order valence-corrected chi connectivity index (χ2v) is 3.77. The molecule has 0 unspecified atom stereocenters. The molecule has 4 nitrogen and oxygen atoms in total. The summed E-state index contributed by atoms with van der Waals surface area (Å²) < 4.78 is 1.37. The number of nitrogens with zero attached hydrogens (tertiary/aromatic N) is 3. The lowest BCUT2D eigenvalue weighted by Crippen LogP contribution is -1.92. The highest BCUT2D eigenvalue weighted by molar-refractivity contribution is 9.10. The zero-order chi connectivity index (χ0) is 9.97. The van der Waals surface area contributed by atoms with E-state index in [0.717, 1.165) is 10.2 Å². The molecule has 6 heteroatoms. The molecule has 1 N–H and O–H groups in total. The lowest BCUT2D eigenvalue weighted by Gasteiger charge is -1.99. The summed E-state index contributed by atoms with van der Waals surface area (Å²) in [6.45, 7) is 0. The largest absolute Gasteiger partial charge is 0.329 e. The normalized spacial score (nSPS) is 10.1. The molecule has 0 fully saturated rings. The van der Waals surface area contributed by atoms with Crippen LogP contribution < -0.4 is 0 Å². The molecule has 0 bridgehead atoms. The van der Waals surface area contributed by atoms with Gasteiger partial charge < -0.3 is 4.98 Å². The fraction of sp³-hybridized carbons (Fsp3) is 0. The molecule has 0 aliphatic carbocycles. The van der Waals surface area contributed by atoms with Crippen molar-refractivity contribution >= 4 is 28.1 Å². The van der Waals surface area contributed by atoms with Gasteiger partial charge >= 0.3 is 0 Å². The highest BCUT2D eigenvalue weighted by atomic mass is 79.9. The van der Waals surface area contributed by atoms with Crippen LogP contribution >= 0.6 is 28.1 Å². The number of rotatable bonds is 1. The van der Waals surface area contributed by atoms with Crippen molar-refractivity contribution < 1.29 is 0 Å². The predicted molar refractivity (Wildman–Crippen MR) is 58.1 cm³/mol. The molecule has 0 aliphatic heterocycles. The minimum atomic E-state index is 0.605. The fourth-order valence-corrected chi connectivity index (χ4v) is 1.29. The molecule has 14 heavy (non-hydrogen) atoms. The van der Waals surface area contributed by atoms with Crippen LogP contribution in [0.1, 0.15) is 0 Å². The summed E-state index contributed by atoms with van der Waals surface area (Å²) in [5.41, 5.74) is 0.721. The molecular weight excluding hydrogens is 264 g/mol. The first-order valence-electron chi connectivity index (χ1n) is 3.78. The molecule has 0 spiro atoms. The monoisotopic (exact) mass is 268 g/mol. The van der Waals surface area contributed by atoms with Gasteiger partial charge in [0.15, 0.2) is 5.82 Å². The first-order chi connectivity index (χ1) is 6.77. The SMILES string of the molecule is S=c1[nH]c(-c2ccncn2)ncc1Br. The minimum absolute atomic E-state index is 0.605. The Balaban J connectivity index is 2.54. The molecule has 0 radical (unpaired) electrons. The second kappa shape index (κ2) is 3.93. The highest BCUT2D eigenvalue weighted by Gasteiger charge is 2.00. The van der Waals surface area contributed by atoms with Crippen LogP contribution in [0.4, 0.5) is 0 Å². The maximum atomic E-state index is 5.05. The Morgan fingerprint density at radius 3 is 2.86 bits per heavy atom. The van der Waals surface area contributed by atoms with Gasteiger partial charge in [-0.2, -0.15) is 0 Å². The second-order valence-electron chi connectivity index (χ2n) is 2.50. The van der Waals surface area contributed by atoms with E-state index in [1.165, 1.54) is 6.33 Å². The van der Waals surface area contributed by atoms with Gasteiger partial charge in [-0.05, 0) is 22.0 Å². The minimum Gasteiger partial charge on any atom is -0.329 e. The van der Waals surface area contributed by atoms with Gasteiger partial charge in [0.1, 0.15) is 16.7 Å². The van der Waals surface area contributed by atoms with Crippen LogP contribution in [0, 0.1) is 4.64 Å². The molecule has 0 saturated carbocycles. The fourth-order valence-electron chi connectivity index (χ4n) is 0.940. The summed E-state index contributed by atoms with van der Waals surface area (Å²) >= 11 is 8.33. The number of halogens is 1. The van der Waals surface area contributed by atoms with Crippen molar-refractivity contribution in [3.63, 3.8) is 0 Å². The van der Waals surface area contributed by atoms with Crippen molar-refractivity contribution in [3.05, 3.63) is 33.9 Å². The van der Waals surface area contributed by atoms with Crippen LogP contribution in [0.3, 0.4) is 0 Å². The standard InChI is InChI=1S/C8H5BrN4S/c9-5-3-11-7(13-8(5)14)6-1-2-10-4-12-6/h1-4H,(H,11,13,14). The quantitative estimate of drug-likeness (QED) is 0.807. The van der Waals surface area contributed by atoms with Crippen LogP contribution in [0.15, 0.2) is 29.3 Å². The third-order valence-electron chi connectivity index (χ3n) is 1.58. The molecular formula is C8H5BrN4S. The van der Waals surface area contributed by atoms with E-state index in [4.69, 9.17) is 12.2 Å². The summed E-state index contributed by atoms with van der Waals surface area (Å²) in [6.07, 6.45) is 4.77. The van der Waals surface area contributed by atoms with Crippen LogP contribution in [-0.4, -0.2) is 19.9 Å². The molecule has 0 atom stereocenters. The Morgan fingerprint density at radius 2 is 2.21 bits per heavy atom. The number of H-pyrrole nitrogens is 1. The molecule has 0 saturated heterocycles. The van der Waals surface area contributed by atoms with Crippen LogP contribution in [0.25, 0.3) is 11.5 Å². The Labute approximate surface area is 93.6 Å². The zero-order valence-corrected chi connectivity index (χ0v) is 9.34. The van der Waals surface area contributed by atoms with Crippen molar-refractivity contribution in [2.24, 2.45) is 0 Å². The van der Waals surface area contributed by atoms with E-state index >= 15 is 0 Å². The van der Waals surface area contributed by atoms with E-state index in [9.17, 15) is 0 Å². The van der Waals surface area contributed by atoms with E-state index in [2.05, 4.69) is 35.9 Å². The number of nitrogens with one attached hydrogen (secondary N) is 1. The van der Waals surface area contributed by atoms with Crippen molar-refractivity contribution in [2.75, 3.05) is 0 Å². The van der Waals surface area contributed by atoms with Crippen molar-refractivity contribution in [3.8, 4) is 11.5 Å². The van der Waals surface area contributed by atoms with E-state index < -0.39 is 0 Å². The summed E-state index contributed by atoms with van der Waals surface area (Å²) in [6, 6.07) is 1.77. The maximum absolute atomic E-state index is 5.05. The van der Waals surface area contributed by atoms with Gasteiger partial charge in [0, 0.05) is 12.4 Å². The lowest BCUT2D eigenvalue weighted by atomic mass is 10.4. The van der Waals surface area contributed by atoms with Crippen molar-refractivity contribution in [1.29, 1.82) is 0 Å². The number of aromatic nitrogens is 4. The topological polar surface area (TPSA) is 54.5 Å². The first-order valence-corrected chi connectivity index (χ1v) is 4.99. The van der Waals surface area contributed by atoms with Gasteiger partial charge in [-0.1, -0.05) is 12.2 Å². The van der Waals surface area contributed by atoms with E-state index in [0.29, 0.717) is 10.5 Å². The molecule has 2 heterocycles. The molecule has 2 rings (SSSR count). The average molecular weight is 269 g/mol. The third-order valence-corrected chi connectivity index (χ3v) is 2.77. The molecule has 2 aromatic rings. The van der Waals surface area contributed by atoms with Gasteiger partial charge in [0.2, 0.25) is 0 Å². The van der Waals surface area contributed by atoms with Gasteiger partial charge in [-0.3, -0.25) is 0 Å². The Kier molecular flexibility index (Phi) is 2.64. The summed E-state index contributed by atoms with van der Waals surface area (Å²) in [4.78, 5) is 15.0. The smallest absolute Gasteiger partial charge is 0.157 e. The summed E-state index contributed by atoms with van der Waals surface area (Å²) in [5.74, 6) is 0.639. The first kappa shape index (κ1) is 9.42. The van der Waals surface area contributed by atoms with E-state index in [1.807, 2.05) is 0 Å². The maximum Gasteiger partial charge on any atom is 0.157 e. The van der Waals surface area contributed by atoms with Gasteiger partial charge in [-0.25, -0.2) is 15.0 Å². The van der Waals surface area contributed by atoms with Crippen molar-refractivity contribution in [1.82, 2.24) is 19.9 Å². The highest BCUT2D eigenvalue weighted by Crippen LogP contribution is 2.13. The van der Waals surface area contributed by atoms with Crippen LogP contribution in [0.5, 0.6) is 0 Å². The number of aromatic amines is 1.